The van der Waals surface area contributed by atoms with E-state index in [0.29, 0.717) is 11.3 Å². The first kappa shape index (κ1) is 29.4. The Hall–Kier alpha value is -4.13. The largest absolute Gasteiger partial charge is 0.467 e. The molecule has 39 heavy (non-hydrogen) atoms. The molecule has 1 fully saturated rings. The molecule has 13 nitrogen and oxygen atoms in total. The van der Waals surface area contributed by atoms with E-state index in [1.807, 2.05) is 6.92 Å². The number of carbonyl (C=O) groups excluding carboxylic acids is 3. The summed E-state index contributed by atoms with van der Waals surface area (Å²) in [6.45, 7) is 1.63. The number of hydrogen-bond donors (Lipinski definition) is 1. The summed E-state index contributed by atoms with van der Waals surface area (Å²) in [6.07, 6.45) is -0.582. The number of nitrogens with one attached hydrogen (secondary N) is 1. The van der Waals surface area contributed by atoms with Crippen molar-refractivity contribution in [3.8, 4) is 5.75 Å². The molecule has 208 valence electrons. The SMILES string of the molecule is COC(=O)[C@H](Cc1ccc(OC(=O)N(C)C)cc1)NC(=O)[C@@H]1C[C@@H](N=[N+]=[N-])CN1S(=O)(=O)c1ccc(C)cc1. The summed E-state index contributed by atoms with van der Waals surface area (Å²) >= 11 is 0. The maximum absolute atomic E-state index is 13.4. The molecule has 0 spiro atoms. The zero-order valence-electron chi connectivity index (χ0n) is 22.0. The fraction of sp³-hybridized carbons (Fsp3) is 0.400. The number of rotatable bonds is 9. The lowest BCUT2D eigenvalue weighted by Gasteiger charge is -2.25. The molecule has 0 radical (unpaired) electrons. The number of hydrogen-bond acceptors (Lipinski definition) is 8. The van der Waals surface area contributed by atoms with Gasteiger partial charge in [-0.05, 0) is 48.7 Å². The van der Waals surface area contributed by atoms with E-state index in [2.05, 4.69) is 15.3 Å². The Balaban J connectivity index is 1.81. The molecule has 2 aromatic carbocycles. The first-order valence-corrected chi connectivity index (χ1v) is 13.4. The van der Waals surface area contributed by atoms with E-state index in [-0.39, 0.29) is 24.3 Å². The summed E-state index contributed by atoms with van der Waals surface area (Å²) in [7, 11) is 0.156. The highest BCUT2D eigenvalue weighted by Gasteiger charge is 2.44. The number of benzene rings is 2. The minimum Gasteiger partial charge on any atom is -0.467 e. The molecule has 0 aromatic heterocycles. The van der Waals surface area contributed by atoms with Crippen LogP contribution in [0, 0.1) is 6.92 Å². The maximum atomic E-state index is 13.4. The van der Waals surface area contributed by atoms with Crippen LogP contribution >= 0.6 is 0 Å². The smallest absolute Gasteiger partial charge is 0.414 e. The van der Waals surface area contributed by atoms with E-state index in [1.165, 1.54) is 24.1 Å². The van der Waals surface area contributed by atoms with E-state index in [4.69, 9.17) is 15.0 Å². The van der Waals surface area contributed by atoms with Gasteiger partial charge in [-0.2, -0.15) is 4.31 Å². The molecular formula is C25H30N6O7S. The molecule has 0 saturated carbocycles. The molecule has 3 rings (SSSR count). The highest BCUT2D eigenvalue weighted by atomic mass is 32.2. The van der Waals surface area contributed by atoms with Gasteiger partial charge in [-0.25, -0.2) is 18.0 Å². The fourth-order valence-electron chi connectivity index (χ4n) is 4.02. The van der Waals surface area contributed by atoms with E-state index in [1.54, 1.807) is 50.5 Å². The summed E-state index contributed by atoms with van der Waals surface area (Å²) < 4.78 is 37.9. The van der Waals surface area contributed by atoms with E-state index >= 15 is 0 Å². The number of ether oxygens (including phenoxy) is 2. The predicted octanol–water partition coefficient (Wildman–Crippen LogP) is 2.40. The van der Waals surface area contributed by atoms with Crippen molar-refractivity contribution >= 4 is 28.0 Å². The van der Waals surface area contributed by atoms with Crippen LogP contribution in [0.4, 0.5) is 4.79 Å². The number of esters is 1. The molecule has 1 N–H and O–H groups in total. The average molecular weight is 559 g/mol. The second-order valence-corrected chi connectivity index (χ2v) is 11.1. The van der Waals surface area contributed by atoms with E-state index in [9.17, 15) is 22.8 Å². The normalized spacial score (nSPS) is 17.9. The van der Waals surface area contributed by atoms with Crippen molar-refractivity contribution in [3.63, 3.8) is 0 Å². The zero-order valence-corrected chi connectivity index (χ0v) is 22.8. The van der Waals surface area contributed by atoms with Crippen molar-refractivity contribution in [2.45, 2.75) is 42.8 Å². The number of sulfonamides is 1. The third-order valence-electron chi connectivity index (χ3n) is 6.11. The van der Waals surface area contributed by atoms with Gasteiger partial charge in [0, 0.05) is 32.0 Å². The van der Waals surface area contributed by atoms with Gasteiger partial charge in [0.25, 0.3) is 0 Å². The summed E-state index contributed by atoms with van der Waals surface area (Å²) in [4.78, 5) is 41.7. The van der Waals surface area contributed by atoms with Crippen molar-refractivity contribution in [1.29, 1.82) is 0 Å². The van der Waals surface area contributed by atoms with Gasteiger partial charge in [0.1, 0.15) is 17.8 Å². The van der Waals surface area contributed by atoms with Gasteiger partial charge in [0.05, 0.1) is 18.0 Å². The van der Waals surface area contributed by atoms with Crippen LogP contribution in [-0.4, -0.2) is 81.5 Å². The second kappa shape index (κ2) is 12.6. The van der Waals surface area contributed by atoms with Crippen molar-refractivity contribution in [3.05, 3.63) is 70.1 Å². The Morgan fingerprint density at radius 3 is 2.36 bits per heavy atom. The molecule has 1 heterocycles. The van der Waals surface area contributed by atoms with Crippen LogP contribution in [0.25, 0.3) is 10.4 Å². The van der Waals surface area contributed by atoms with E-state index in [0.717, 1.165) is 9.87 Å². The monoisotopic (exact) mass is 558 g/mol. The molecule has 2 aromatic rings. The lowest BCUT2D eigenvalue weighted by molar-refractivity contribution is -0.145. The van der Waals surface area contributed by atoms with Crippen LogP contribution in [0.1, 0.15) is 17.5 Å². The van der Waals surface area contributed by atoms with Crippen LogP contribution in [0.3, 0.4) is 0 Å². The van der Waals surface area contributed by atoms with E-state index < -0.39 is 46.1 Å². The van der Waals surface area contributed by atoms with Crippen LogP contribution < -0.4 is 10.1 Å². The maximum Gasteiger partial charge on any atom is 0.414 e. The van der Waals surface area contributed by atoms with Gasteiger partial charge >= 0.3 is 12.1 Å². The molecule has 1 saturated heterocycles. The van der Waals surface area contributed by atoms with Crippen molar-refractivity contribution < 1.29 is 32.3 Å². The lowest BCUT2D eigenvalue weighted by Crippen LogP contribution is -2.51. The first-order chi connectivity index (χ1) is 18.5. The Bertz CT molecular complexity index is 1360. The molecule has 1 aliphatic heterocycles. The predicted molar refractivity (Wildman–Crippen MR) is 140 cm³/mol. The average Bonchev–Trinajstić information content (AvgIpc) is 3.34. The minimum atomic E-state index is -4.11. The number of carbonyl (C=O) groups is 3. The Morgan fingerprint density at radius 1 is 1.15 bits per heavy atom. The summed E-state index contributed by atoms with van der Waals surface area (Å²) in [5, 5.41) is 6.23. The quantitative estimate of drug-likeness (QED) is 0.213. The van der Waals surface area contributed by atoms with Gasteiger partial charge in [0.2, 0.25) is 15.9 Å². The number of amides is 2. The highest BCUT2D eigenvalue weighted by molar-refractivity contribution is 7.89. The first-order valence-electron chi connectivity index (χ1n) is 11.9. The Morgan fingerprint density at radius 2 is 1.79 bits per heavy atom. The van der Waals surface area contributed by atoms with Crippen molar-refractivity contribution in [2.75, 3.05) is 27.7 Å². The molecule has 0 aliphatic carbocycles. The van der Waals surface area contributed by atoms with Crippen LogP contribution in [0.15, 0.2) is 58.5 Å². The number of methoxy groups -OCH3 is 1. The Kier molecular flexibility index (Phi) is 9.51. The van der Waals surface area contributed by atoms with Crippen LogP contribution in [0.2, 0.25) is 0 Å². The molecule has 1 aliphatic rings. The van der Waals surface area contributed by atoms with Gasteiger partial charge in [-0.15, -0.1) is 0 Å². The zero-order chi connectivity index (χ0) is 28.7. The Labute approximate surface area is 226 Å². The molecule has 14 heteroatoms. The van der Waals surface area contributed by atoms with Crippen molar-refractivity contribution in [2.24, 2.45) is 5.11 Å². The number of nitrogens with zero attached hydrogens (tertiary/aromatic N) is 5. The van der Waals surface area contributed by atoms with Gasteiger partial charge in [-0.3, -0.25) is 4.79 Å². The van der Waals surface area contributed by atoms with Gasteiger partial charge in [0.15, 0.2) is 0 Å². The highest BCUT2D eigenvalue weighted by Crippen LogP contribution is 2.28. The molecule has 0 unspecified atom stereocenters. The van der Waals surface area contributed by atoms with Crippen LogP contribution in [0.5, 0.6) is 5.75 Å². The summed E-state index contributed by atoms with van der Waals surface area (Å²) in [5.74, 6) is -1.17. The number of aryl methyl sites for hydroxylation is 1. The fourth-order valence-corrected chi connectivity index (χ4v) is 5.65. The summed E-state index contributed by atoms with van der Waals surface area (Å²) in [5.41, 5.74) is 10.4. The molecular weight excluding hydrogens is 528 g/mol. The summed E-state index contributed by atoms with van der Waals surface area (Å²) in [6, 6.07) is 9.39. The third kappa shape index (κ3) is 7.25. The van der Waals surface area contributed by atoms with Gasteiger partial charge < -0.3 is 19.7 Å². The van der Waals surface area contributed by atoms with Gasteiger partial charge in [-0.1, -0.05) is 34.9 Å². The second-order valence-electron chi connectivity index (χ2n) is 9.19. The molecule has 0 bridgehead atoms. The number of azide groups is 1. The van der Waals surface area contributed by atoms with Crippen molar-refractivity contribution in [1.82, 2.24) is 14.5 Å². The lowest BCUT2D eigenvalue weighted by atomic mass is 10.0. The standard InChI is InChI=1S/C25H30N6O7S/c1-16-5-11-20(12-6-16)39(35,36)31-15-18(28-29-26)14-22(31)23(32)27-21(24(33)37-4)13-17-7-9-19(10-8-17)38-25(34)30(2)3/h5-12,18,21-22H,13-15H2,1-4H3,(H,27,32)/t18-,21+,22+/m1/s1. The third-order valence-corrected chi connectivity index (χ3v) is 8.00. The topological polar surface area (TPSA) is 171 Å². The molecule has 2 amide bonds. The molecule has 3 atom stereocenters. The van der Waals surface area contributed by atoms with Crippen LogP contribution in [-0.2, 0) is 30.8 Å². The minimum absolute atomic E-state index is 0.00735.